The standard InChI is InChI=1S/C40H24N4.C34H20N4.C32H18N4.C27H15N3O/c1-3-12-25(13-4-1)37-31-24-27(22-23-32(31)41-40(42-37)26-14-5-2-6-15-26)43-34-19-10-9-18-30(34)36-35-21-11-20-33-28-16-7-8-17-29(28)38(39(36)43)44(33)35;1-2-11-21(12-3-1)33-35-26-17-8-6-15-24(26)34(36-33)38-28-18-9-7-16-25(28)30-29-20-10-19-27-22-13-4-5-14-23(22)31(32(30)38)37(27)29;1-2-9-22-21(8-1)24-12-5-13-26-28-23-10-3-4-11-25(23)36(32(28)31(22)35(24)26)27-17-16-20-15-14-19-7-6-18-33-29(19)30(20)34-27;1-2-9-17-16(8-1)20-13-7-14-22-24-18-10-3-5-12-21(18)30(26(24)25(17)29(20)22)27-28-19-11-4-6-15-23(19)31-27/h1-24H;1-20H;1-18H;1-15H. The Hall–Kier alpha value is -20.5. The van der Waals surface area contributed by atoms with Gasteiger partial charge in [0, 0.05) is 136 Å². The molecular formula is C133H77N15O. The molecule has 0 amide bonds. The van der Waals surface area contributed by atoms with Crippen LogP contribution in [0.5, 0.6) is 0 Å². The Bertz CT molecular complexity index is 11900. The van der Waals surface area contributed by atoms with E-state index in [4.69, 9.17) is 34.3 Å². The molecule has 36 aromatic rings. The summed E-state index contributed by atoms with van der Waals surface area (Å²) in [4.78, 5) is 35.3. The normalized spacial score (nSPS) is 12.3. The van der Waals surface area contributed by atoms with Crippen molar-refractivity contribution in [1.29, 1.82) is 0 Å². The van der Waals surface area contributed by atoms with E-state index in [2.05, 4.69) is 423 Å². The van der Waals surface area contributed by atoms with Crippen LogP contribution >= 0.6 is 0 Å². The number of fused-ring (bicyclic) bond motifs is 38. The predicted octanol–water partition coefficient (Wildman–Crippen LogP) is 33.2. The van der Waals surface area contributed by atoms with Gasteiger partial charge in [-0.15, -0.1) is 0 Å². The molecule has 149 heavy (non-hydrogen) atoms. The zero-order valence-electron chi connectivity index (χ0n) is 79.6. The minimum absolute atomic E-state index is 0.602. The zero-order chi connectivity index (χ0) is 97.1. The summed E-state index contributed by atoms with van der Waals surface area (Å²) in [5.74, 6) is 3.27. The van der Waals surface area contributed by atoms with Crippen molar-refractivity contribution in [2.45, 2.75) is 0 Å². The Morgan fingerprint density at radius 2 is 0.550 bits per heavy atom. The summed E-state index contributed by atoms with van der Waals surface area (Å²) in [5, 5.41) is 24.4. The van der Waals surface area contributed by atoms with Crippen molar-refractivity contribution in [3.8, 4) is 57.4 Å². The lowest BCUT2D eigenvalue weighted by molar-refractivity contribution is 0.574. The minimum atomic E-state index is 0.602. The Kier molecular flexibility index (Phi) is 16.9. The van der Waals surface area contributed by atoms with Crippen LogP contribution in [0.4, 0.5) is 0 Å². The third kappa shape index (κ3) is 11.4. The van der Waals surface area contributed by atoms with Crippen molar-refractivity contribution in [1.82, 2.24) is 70.8 Å². The highest BCUT2D eigenvalue weighted by Crippen LogP contribution is 2.52. The second kappa shape index (κ2) is 31.0. The molecule has 0 fully saturated rings. The summed E-state index contributed by atoms with van der Waals surface area (Å²) >= 11 is 0. The molecule has 36 rings (SSSR count). The Balaban J connectivity index is 0.0000000868. The molecule has 690 valence electrons. The van der Waals surface area contributed by atoms with Gasteiger partial charge in [-0.1, -0.05) is 328 Å². The van der Waals surface area contributed by atoms with E-state index in [-0.39, 0.29) is 0 Å². The van der Waals surface area contributed by atoms with Crippen LogP contribution in [-0.4, -0.2) is 70.8 Å². The number of pyridine rings is 6. The number of aromatic nitrogens is 15. The Morgan fingerprint density at radius 1 is 0.195 bits per heavy atom. The number of hydrogen-bond donors (Lipinski definition) is 0. The van der Waals surface area contributed by atoms with Gasteiger partial charge in [0.15, 0.2) is 17.2 Å². The van der Waals surface area contributed by atoms with Crippen molar-refractivity contribution in [3.05, 3.63) is 467 Å². The molecule has 0 radical (unpaired) electrons. The number of hydrogen-bond acceptors (Lipinski definition) is 8. The summed E-state index contributed by atoms with van der Waals surface area (Å²) in [6, 6.07) is 163. The molecule has 0 atom stereocenters. The molecule has 0 N–H and O–H groups in total. The van der Waals surface area contributed by atoms with Crippen LogP contribution in [0.15, 0.2) is 472 Å². The van der Waals surface area contributed by atoms with Crippen molar-refractivity contribution in [3.63, 3.8) is 0 Å². The molecule has 0 aliphatic rings. The molecule has 0 aliphatic heterocycles. The van der Waals surface area contributed by atoms with E-state index in [0.717, 1.165) is 128 Å². The first-order valence-electron chi connectivity index (χ1n) is 50.4. The molecule has 21 heterocycles. The topological polar surface area (TPSA) is 141 Å². The molecule has 0 saturated carbocycles. The maximum Gasteiger partial charge on any atom is 0.307 e. The molecule has 16 nitrogen and oxygen atoms in total. The van der Waals surface area contributed by atoms with Gasteiger partial charge >= 0.3 is 6.01 Å². The zero-order valence-corrected chi connectivity index (χ0v) is 79.6. The first kappa shape index (κ1) is 81.1. The third-order valence-electron chi connectivity index (χ3n) is 31.1. The van der Waals surface area contributed by atoms with Gasteiger partial charge in [-0.2, -0.15) is 4.98 Å². The highest BCUT2D eigenvalue weighted by atomic mass is 16.4. The predicted molar refractivity (Wildman–Crippen MR) is 612 cm³/mol. The van der Waals surface area contributed by atoms with Crippen molar-refractivity contribution < 1.29 is 4.42 Å². The lowest BCUT2D eigenvalue weighted by atomic mass is 10.0. The Labute approximate surface area is 845 Å². The monoisotopic (exact) mass is 1900 g/mol. The third-order valence-corrected chi connectivity index (χ3v) is 31.1. The SMILES string of the molecule is c1ccc(-c2nc(-c3ccccc3)c3cc(-n4c5ccccc5c5c4c4c6ccccc6c6cccc5n64)ccc3n2)cc1.c1ccc(-c2nc(-n3c4ccccc4c4c3c3c5ccccc5c5cccc4n53)c3ccccc3n2)cc1.c1ccc2oc(-n3c4ccccc4c4c3c3c5ccccc5c5cccc4n53)nc2c1.c1cnc2c(c1)ccc1ccc(-n3c4ccccc4c4c3c3c5ccccc5c5cccc4n53)nc12. The highest BCUT2D eigenvalue weighted by Gasteiger charge is 2.33. The van der Waals surface area contributed by atoms with Gasteiger partial charge in [-0.3, -0.25) is 18.7 Å². The fourth-order valence-electron chi connectivity index (χ4n) is 25.0. The summed E-state index contributed by atoms with van der Waals surface area (Å²) in [5.41, 5.74) is 34.6. The maximum absolute atomic E-state index is 6.27. The molecular weight excluding hydrogens is 1820 g/mol. The minimum Gasteiger partial charge on any atom is -0.423 e. The van der Waals surface area contributed by atoms with Gasteiger partial charge in [0.1, 0.15) is 17.2 Å². The number of oxazole rings is 1. The summed E-state index contributed by atoms with van der Waals surface area (Å²) in [7, 11) is 0. The smallest absolute Gasteiger partial charge is 0.307 e. The van der Waals surface area contributed by atoms with Crippen LogP contribution in [0, 0.1) is 0 Å². The highest BCUT2D eigenvalue weighted by molar-refractivity contribution is 6.34. The molecule has 0 saturated heterocycles. The van der Waals surface area contributed by atoms with Crippen LogP contribution in [0.2, 0.25) is 0 Å². The van der Waals surface area contributed by atoms with E-state index in [1.165, 1.54) is 174 Å². The summed E-state index contributed by atoms with van der Waals surface area (Å²) in [6.45, 7) is 0. The first-order chi connectivity index (χ1) is 74.0. The van der Waals surface area contributed by atoms with Crippen molar-refractivity contribution in [2.75, 3.05) is 0 Å². The van der Waals surface area contributed by atoms with Gasteiger partial charge in [-0.05, 0) is 133 Å². The number of benzene rings is 15. The second-order valence-corrected chi connectivity index (χ2v) is 38.8. The van der Waals surface area contributed by atoms with E-state index >= 15 is 0 Å². The first-order valence-corrected chi connectivity index (χ1v) is 50.4. The average Bonchev–Trinajstić information content (AvgIpc) is 1.52. The lowest BCUT2D eigenvalue weighted by Gasteiger charge is -2.13. The lowest BCUT2D eigenvalue weighted by Crippen LogP contribution is -2.02. The van der Waals surface area contributed by atoms with Crippen LogP contribution in [0.3, 0.4) is 0 Å². The van der Waals surface area contributed by atoms with Gasteiger partial charge < -0.3 is 26.6 Å². The molecule has 0 spiro atoms. The second-order valence-electron chi connectivity index (χ2n) is 38.8. The van der Waals surface area contributed by atoms with Crippen LogP contribution in [0.25, 0.3) is 309 Å². The van der Waals surface area contributed by atoms with E-state index < -0.39 is 0 Å². The summed E-state index contributed by atoms with van der Waals surface area (Å²) < 4.78 is 25.3. The van der Waals surface area contributed by atoms with Gasteiger partial charge in [-0.25, -0.2) is 24.9 Å². The average molecular weight is 1900 g/mol. The fourth-order valence-corrected chi connectivity index (χ4v) is 25.0. The van der Waals surface area contributed by atoms with Gasteiger partial charge in [0.25, 0.3) is 0 Å². The van der Waals surface area contributed by atoms with Gasteiger partial charge in [0.05, 0.1) is 138 Å². The quantitative estimate of drug-likeness (QED) is 0.144. The van der Waals surface area contributed by atoms with E-state index in [1.54, 1.807) is 0 Å². The number of rotatable bonds is 7. The molecule has 0 bridgehead atoms. The Morgan fingerprint density at radius 3 is 1.04 bits per heavy atom. The van der Waals surface area contributed by atoms with Crippen molar-refractivity contribution in [2.24, 2.45) is 0 Å². The number of para-hydroxylation sites is 7. The number of nitrogens with zero attached hydrogens (tertiary/aromatic N) is 15. The maximum atomic E-state index is 6.27. The van der Waals surface area contributed by atoms with Crippen molar-refractivity contribution >= 4 is 251 Å². The molecule has 15 aromatic carbocycles. The largest absolute Gasteiger partial charge is 0.423 e. The van der Waals surface area contributed by atoms with E-state index in [9.17, 15) is 0 Å². The van der Waals surface area contributed by atoms with E-state index in [1.807, 2.05) is 85.1 Å². The molecule has 16 heteroatoms. The van der Waals surface area contributed by atoms with Crippen LogP contribution < -0.4 is 0 Å². The van der Waals surface area contributed by atoms with E-state index in [0.29, 0.717) is 6.01 Å². The molecule has 21 aromatic heterocycles. The molecule has 0 unspecified atom stereocenters. The van der Waals surface area contributed by atoms with Crippen LogP contribution in [0.1, 0.15) is 0 Å². The summed E-state index contributed by atoms with van der Waals surface area (Å²) in [6.07, 6.45) is 1.85. The van der Waals surface area contributed by atoms with Crippen LogP contribution in [-0.2, 0) is 0 Å². The van der Waals surface area contributed by atoms with Gasteiger partial charge in [0.2, 0.25) is 0 Å². The fraction of sp³-hybridized carbons (Fsp3) is 0. The molecule has 0 aliphatic carbocycles.